The fourth-order valence-corrected chi connectivity index (χ4v) is 7.31. The third kappa shape index (κ3) is 1.72. The number of rotatable bonds is 2. The zero-order chi connectivity index (χ0) is 18.6. The number of hydrogen-bond acceptors (Lipinski definition) is 4. The number of likely N-dealkylation sites (N-methyl/N-ethyl adjacent to an activating group) is 1. The second-order valence-corrected chi connectivity index (χ2v) is 9.96. The number of likely N-dealkylation sites (tertiary alicyclic amines) is 1. The number of hydrogen-bond donors (Lipinski definition) is 2. The Kier molecular flexibility index (Phi) is 2.95. The molecule has 1 aromatic rings. The number of phenolic OH excluding ortho intramolecular Hbond substituents is 1. The Morgan fingerprint density at radius 3 is 2.85 bits per heavy atom. The number of phenols is 1. The molecule has 1 spiro atoms. The molecule has 6 rings (SSSR count). The monoisotopic (exact) mass is 370 g/mol. The van der Waals surface area contributed by atoms with Crippen LogP contribution in [0.25, 0.3) is 0 Å². The largest absolute Gasteiger partial charge is 0.504 e. The van der Waals surface area contributed by atoms with Crippen LogP contribution in [-0.2, 0) is 16.6 Å². The molecular formula is C22H28NO4+. The number of quaternary nitrogens is 1. The van der Waals surface area contributed by atoms with Crippen LogP contribution in [0, 0.1) is 5.92 Å². The number of Topliss-reactive ketones (excluding diaryl/α,β-unsaturated/α-hetero) is 1. The van der Waals surface area contributed by atoms with Gasteiger partial charge in [-0.25, -0.2) is 0 Å². The molecule has 1 aromatic carbocycles. The van der Waals surface area contributed by atoms with Gasteiger partial charge in [0.1, 0.15) is 11.6 Å². The maximum absolute atomic E-state index is 12.8. The predicted octanol–water partition coefficient (Wildman–Crippen LogP) is 2.06. The van der Waals surface area contributed by atoms with E-state index < -0.39 is 17.1 Å². The van der Waals surface area contributed by atoms with E-state index in [2.05, 4.69) is 7.05 Å². The first-order chi connectivity index (χ1) is 12.9. The van der Waals surface area contributed by atoms with Gasteiger partial charge in [0, 0.05) is 30.7 Å². The van der Waals surface area contributed by atoms with Crippen molar-refractivity contribution < 1.29 is 24.2 Å². The number of ketones is 1. The lowest BCUT2D eigenvalue weighted by Gasteiger charge is -2.64. The van der Waals surface area contributed by atoms with Crippen molar-refractivity contribution >= 4 is 5.78 Å². The molecule has 3 aliphatic carbocycles. The Balaban J connectivity index is 1.56. The van der Waals surface area contributed by atoms with Crippen LogP contribution in [0.5, 0.6) is 11.5 Å². The molecule has 2 aliphatic heterocycles. The van der Waals surface area contributed by atoms with E-state index >= 15 is 0 Å². The summed E-state index contributed by atoms with van der Waals surface area (Å²) in [5, 5.41) is 22.6. The summed E-state index contributed by atoms with van der Waals surface area (Å²) in [5.41, 5.74) is 0.488. The van der Waals surface area contributed by atoms with Crippen molar-refractivity contribution in [2.75, 3.05) is 20.1 Å². The van der Waals surface area contributed by atoms with Crippen LogP contribution in [0.3, 0.4) is 0 Å². The van der Waals surface area contributed by atoms with Crippen LogP contribution in [-0.4, -0.2) is 58.4 Å². The van der Waals surface area contributed by atoms with Crippen molar-refractivity contribution in [1.29, 1.82) is 0 Å². The molecular weight excluding hydrogens is 342 g/mol. The van der Waals surface area contributed by atoms with Crippen LogP contribution < -0.4 is 4.74 Å². The number of aliphatic hydroxyl groups is 1. The number of carbonyl (C=O) groups excluding carboxylic acids is 1. The van der Waals surface area contributed by atoms with E-state index in [0.29, 0.717) is 18.6 Å². The molecule has 2 N–H and O–H groups in total. The van der Waals surface area contributed by atoms with Crippen molar-refractivity contribution in [3.05, 3.63) is 23.3 Å². The third-order valence-corrected chi connectivity index (χ3v) is 8.80. The van der Waals surface area contributed by atoms with Crippen molar-refractivity contribution in [3.8, 4) is 11.5 Å². The maximum Gasteiger partial charge on any atom is 0.174 e. The lowest BCUT2D eigenvalue weighted by molar-refractivity contribution is -0.952. The molecule has 144 valence electrons. The first-order valence-corrected chi connectivity index (χ1v) is 10.5. The quantitative estimate of drug-likeness (QED) is 0.782. The van der Waals surface area contributed by atoms with Crippen LogP contribution >= 0.6 is 0 Å². The minimum atomic E-state index is -0.936. The molecule has 0 radical (unpaired) electrons. The van der Waals surface area contributed by atoms with Crippen LogP contribution in [0.15, 0.2) is 12.1 Å². The van der Waals surface area contributed by atoms with Gasteiger partial charge in [-0.05, 0) is 30.9 Å². The number of nitrogens with zero attached hydrogens (tertiary/aromatic N) is 1. The minimum Gasteiger partial charge on any atom is -0.504 e. The summed E-state index contributed by atoms with van der Waals surface area (Å²) in [6.07, 6.45) is 5.75. The average molecular weight is 370 g/mol. The summed E-state index contributed by atoms with van der Waals surface area (Å²) in [6, 6.07) is 3.78. The highest BCUT2D eigenvalue weighted by molar-refractivity contribution is 5.90. The van der Waals surface area contributed by atoms with Crippen LogP contribution in [0.1, 0.15) is 49.7 Å². The zero-order valence-electron chi connectivity index (χ0n) is 15.9. The molecule has 3 fully saturated rings. The number of ether oxygens (including phenoxy) is 1. The third-order valence-electron chi connectivity index (χ3n) is 8.80. The smallest absolute Gasteiger partial charge is 0.174 e. The predicted molar refractivity (Wildman–Crippen MR) is 98.8 cm³/mol. The SMILES string of the molecule is C[N+]1(CC2CCC2)CC[C@]23c4c5ccc(O)c4O[C@H]2C(=O)CC[C@@]3(O)[C@H]1C5. The fraction of sp³-hybridized carbons (Fsp3) is 0.682. The summed E-state index contributed by atoms with van der Waals surface area (Å²) >= 11 is 0. The van der Waals surface area contributed by atoms with E-state index in [0.717, 1.165) is 47.5 Å². The molecule has 5 atom stereocenters. The maximum atomic E-state index is 12.8. The van der Waals surface area contributed by atoms with Gasteiger partial charge in [0.15, 0.2) is 23.4 Å². The first-order valence-electron chi connectivity index (χ1n) is 10.5. The Morgan fingerprint density at radius 2 is 2.11 bits per heavy atom. The number of piperidine rings is 1. The molecule has 1 unspecified atom stereocenters. The Bertz CT molecular complexity index is 864. The second-order valence-electron chi connectivity index (χ2n) is 9.96. The second kappa shape index (κ2) is 4.87. The molecule has 5 nitrogen and oxygen atoms in total. The molecule has 2 bridgehead atoms. The molecule has 5 aliphatic rings. The summed E-state index contributed by atoms with van der Waals surface area (Å²) in [4.78, 5) is 12.8. The van der Waals surface area contributed by atoms with E-state index in [-0.39, 0.29) is 17.6 Å². The molecule has 2 heterocycles. The van der Waals surface area contributed by atoms with Gasteiger partial charge in [-0.2, -0.15) is 0 Å². The van der Waals surface area contributed by atoms with Gasteiger partial charge in [-0.3, -0.25) is 4.79 Å². The van der Waals surface area contributed by atoms with Gasteiger partial charge in [0.25, 0.3) is 0 Å². The van der Waals surface area contributed by atoms with Crippen molar-refractivity contribution in [3.63, 3.8) is 0 Å². The highest BCUT2D eigenvalue weighted by Gasteiger charge is 2.76. The van der Waals surface area contributed by atoms with E-state index in [9.17, 15) is 15.0 Å². The summed E-state index contributed by atoms with van der Waals surface area (Å²) in [7, 11) is 2.32. The summed E-state index contributed by atoms with van der Waals surface area (Å²) in [5.74, 6) is 1.41. The van der Waals surface area contributed by atoms with Crippen molar-refractivity contribution in [2.24, 2.45) is 5.92 Å². The lowest BCUT2D eigenvalue weighted by atomic mass is 9.48. The number of aromatic hydroxyl groups is 1. The number of benzene rings is 1. The molecule has 27 heavy (non-hydrogen) atoms. The first kappa shape index (κ1) is 16.4. The average Bonchev–Trinajstić information content (AvgIpc) is 2.97. The Hall–Kier alpha value is -1.59. The van der Waals surface area contributed by atoms with Crippen molar-refractivity contribution in [2.45, 2.75) is 68.1 Å². The van der Waals surface area contributed by atoms with E-state index in [1.165, 1.54) is 19.3 Å². The van der Waals surface area contributed by atoms with Gasteiger partial charge < -0.3 is 19.4 Å². The van der Waals surface area contributed by atoms with Crippen molar-refractivity contribution in [1.82, 2.24) is 0 Å². The Morgan fingerprint density at radius 1 is 1.30 bits per heavy atom. The van der Waals surface area contributed by atoms with Gasteiger partial charge in [-0.15, -0.1) is 0 Å². The highest BCUT2D eigenvalue weighted by atomic mass is 16.5. The van der Waals surface area contributed by atoms with Gasteiger partial charge in [-0.1, -0.05) is 12.5 Å². The molecule has 0 amide bonds. The minimum absolute atomic E-state index is 0.0805. The molecule has 2 saturated carbocycles. The van der Waals surface area contributed by atoms with Gasteiger partial charge in [0.05, 0.1) is 25.6 Å². The van der Waals surface area contributed by atoms with E-state index in [4.69, 9.17) is 4.74 Å². The van der Waals surface area contributed by atoms with Gasteiger partial charge >= 0.3 is 0 Å². The fourth-order valence-electron chi connectivity index (χ4n) is 7.31. The molecule has 5 heteroatoms. The highest BCUT2D eigenvalue weighted by Crippen LogP contribution is 2.65. The summed E-state index contributed by atoms with van der Waals surface area (Å²) in [6.45, 7) is 2.09. The van der Waals surface area contributed by atoms with Crippen LogP contribution in [0.4, 0.5) is 0 Å². The standard InChI is InChI=1S/C22H27NO4/c1-23(12-13-3-2-4-13)10-9-21-18-14-5-6-15(24)19(18)27-20(21)16(25)7-8-22(21,26)17(23)11-14/h5-6,13,17,20,26H,2-4,7-12H2,1H3/p+1/t17-,20+,21+,22-,23?/m1/s1. The van der Waals surface area contributed by atoms with E-state index in [1.54, 1.807) is 6.07 Å². The number of carbonyl (C=O) groups is 1. The molecule has 1 saturated heterocycles. The summed E-state index contributed by atoms with van der Waals surface area (Å²) < 4.78 is 7.00. The van der Waals surface area contributed by atoms with Crippen LogP contribution in [0.2, 0.25) is 0 Å². The molecule has 0 aromatic heterocycles. The van der Waals surface area contributed by atoms with Gasteiger partial charge in [0.2, 0.25) is 0 Å². The normalized spacial score (nSPS) is 44.4. The Labute approximate surface area is 159 Å². The van der Waals surface area contributed by atoms with E-state index in [1.807, 2.05) is 6.07 Å². The zero-order valence-corrected chi connectivity index (χ0v) is 15.9. The topological polar surface area (TPSA) is 66.8 Å². The lowest BCUT2D eigenvalue weighted by Crippen LogP contribution is -2.81.